The molecule has 0 atom stereocenters. The first-order valence-electron chi connectivity index (χ1n) is 8.99. The second-order valence-corrected chi connectivity index (χ2v) is 7.26. The molecule has 1 heterocycles. The van der Waals surface area contributed by atoms with E-state index in [1.807, 2.05) is 32.0 Å². The number of rotatable bonds is 4. The van der Waals surface area contributed by atoms with Crippen molar-refractivity contribution in [3.05, 3.63) is 75.1 Å². The lowest BCUT2D eigenvalue weighted by molar-refractivity contribution is -0.137. The Labute approximate surface area is 171 Å². The van der Waals surface area contributed by atoms with Crippen LogP contribution >= 0.6 is 12.2 Å². The van der Waals surface area contributed by atoms with Crippen LogP contribution in [0.15, 0.2) is 47.3 Å². The summed E-state index contributed by atoms with van der Waals surface area (Å²) in [5.74, 6) is 0. The van der Waals surface area contributed by atoms with Gasteiger partial charge in [-0.3, -0.25) is 4.79 Å². The minimum Gasteiger partial charge on any atom is -0.362 e. The molecule has 0 aliphatic rings. The van der Waals surface area contributed by atoms with Crippen molar-refractivity contribution in [3.8, 4) is 0 Å². The van der Waals surface area contributed by atoms with E-state index in [9.17, 15) is 18.0 Å². The van der Waals surface area contributed by atoms with Crippen LogP contribution in [0.3, 0.4) is 0 Å². The van der Waals surface area contributed by atoms with E-state index in [1.54, 1.807) is 0 Å². The van der Waals surface area contributed by atoms with Crippen LogP contribution in [-0.2, 0) is 12.6 Å². The minimum absolute atomic E-state index is 0.149. The zero-order chi connectivity index (χ0) is 21.2. The molecule has 3 aromatic rings. The number of hydrogen-bond acceptors (Lipinski definition) is 2. The normalized spacial score (nSPS) is 11.5. The number of fused-ring (bicyclic) bond motifs is 1. The highest BCUT2D eigenvalue weighted by atomic mass is 32.1. The SMILES string of the molecule is Cc1cc2cc(CCNC(=S)Nc3ccc(C(F)(F)F)cc3)c(=O)[nH]c2cc1C. The van der Waals surface area contributed by atoms with Crippen LogP contribution < -0.4 is 16.2 Å². The lowest BCUT2D eigenvalue weighted by Crippen LogP contribution is -2.31. The molecule has 29 heavy (non-hydrogen) atoms. The van der Waals surface area contributed by atoms with Crippen LogP contribution in [0.4, 0.5) is 18.9 Å². The minimum atomic E-state index is -4.37. The van der Waals surface area contributed by atoms with Crippen molar-refractivity contribution < 1.29 is 13.2 Å². The maximum Gasteiger partial charge on any atom is 0.416 e. The number of aromatic nitrogens is 1. The fourth-order valence-corrected chi connectivity index (χ4v) is 3.16. The Kier molecular flexibility index (Phi) is 5.93. The van der Waals surface area contributed by atoms with Gasteiger partial charge in [-0.1, -0.05) is 0 Å². The van der Waals surface area contributed by atoms with Gasteiger partial charge in [0.1, 0.15) is 0 Å². The largest absolute Gasteiger partial charge is 0.416 e. The zero-order valence-electron chi connectivity index (χ0n) is 15.9. The summed E-state index contributed by atoms with van der Waals surface area (Å²) < 4.78 is 37.8. The van der Waals surface area contributed by atoms with Crippen LogP contribution in [0.2, 0.25) is 0 Å². The van der Waals surface area contributed by atoms with Gasteiger partial charge in [-0.25, -0.2) is 0 Å². The number of pyridine rings is 1. The van der Waals surface area contributed by atoms with Crippen LogP contribution in [0.1, 0.15) is 22.3 Å². The summed E-state index contributed by atoms with van der Waals surface area (Å²) >= 11 is 5.17. The first-order valence-corrected chi connectivity index (χ1v) is 9.39. The Morgan fingerprint density at radius 3 is 2.38 bits per heavy atom. The van der Waals surface area contributed by atoms with Crippen LogP contribution in [0.5, 0.6) is 0 Å². The summed E-state index contributed by atoms with van der Waals surface area (Å²) in [6, 6.07) is 10.5. The molecule has 1 aromatic heterocycles. The van der Waals surface area contributed by atoms with Crippen molar-refractivity contribution in [3.63, 3.8) is 0 Å². The average Bonchev–Trinajstić information content (AvgIpc) is 2.63. The maximum atomic E-state index is 12.6. The highest BCUT2D eigenvalue weighted by molar-refractivity contribution is 7.80. The predicted octanol–water partition coefficient (Wildman–Crippen LogP) is 4.69. The van der Waals surface area contributed by atoms with Gasteiger partial charge in [0.2, 0.25) is 0 Å². The number of anilines is 1. The Hall–Kier alpha value is -2.87. The fourth-order valence-electron chi connectivity index (χ4n) is 2.94. The van der Waals surface area contributed by atoms with Crippen molar-refractivity contribution in [2.75, 3.05) is 11.9 Å². The molecule has 8 heteroatoms. The fraction of sp³-hybridized carbons (Fsp3) is 0.238. The molecule has 0 saturated heterocycles. The summed E-state index contributed by atoms with van der Waals surface area (Å²) in [6.45, 7) is 4.42. The number of halogens is 3. The van der Waals surface area contributed by atoms with E-state index in [1.165, 1.54) is 12.1 Å². The third-order valence-electron chi connectivity index (χ3n) is 4.69. The van der Waals surface area contributed by atoms with Gasteiger partial charge in [-0.05, 0) is 91.5 Å². The molecule has 152 valence electrons. The summed E-state index contributed by atoms with van der Waals surface area (Å²) in [4.78, 5) is 15.2. The van der Waals surface area contributed by atoms with Crippen molar-refractivity contribution in [2.24, 2.45) is 0 Å². The summed E-state index contributed by atoms with van der Waals surface area (Å²) in [6.07, 6.45) is -3.92. The monoisotopic (exact) mass is 419 g/mol. The molecule has 0 fully saturated rings. The van der Waals surface area contributed by atoms with Crippen LogP contribution in [-0.4, -0.2) is 16.6 Å². The van der Waals surface area contributed by atoms with Crippen LogP contribution in [0.25, 0.3) is 10.9 Å². The standard InChI is InChI=1S/C21H20F3N3OS/c1-12-9-15-11-14(19(28)27-18(15)10-13(12)2)7-8-25-20(29)26-17-5-3-16(4-6-17)21(22,23)24/h3-6,9-11H,7-8H2,1-2H3,(H,27,28)(H2,25,26,29). The molecule has 0 aliphatic carbocycles. The highest BCUT2D eigenvalue weighted by Crippen LogP contribution is 2.29. The number of aryl methyl sites for hydroxylation is 2. The quantitative estimate of drug-likeness (QED) is 0.537. The molecule has 0 bridgehead atoms. The number of benzene rings is 2. The van der Waals surface area contributed by atoms with Crippen LogP contribution in [0, 0.1) is 13.8 Å². The topological polar surface area (TPSA) is 56.9 Å². The van der Waals surface area contributed by atoms with E-state index < -0.39 is 11.7 Å². The molecule has 3 rings (SSSR count). The van der Waals surface area contributed by atoms with Gasteiger partial charge in [0.05, 0.1) is 5.56 Å². The number of aromatic amines is 1. The van der Waals surface area contributed by atoms with Gasteiger partial charge < -0.3 is 15.6 Å². The van der Waals surface area contributed by atoms with E-state index in [0.717, 1.165) is 34.2 Å². The van der Waals surface area contributed by atoms with Gasteiger partial charge >= 0.3 is 6.18 Å². The number of hydrogen-bond donors (Lipinski definition) is 3. The van der Waals surface area contributed by atoms with E-state index in [0.29, 0.717) is 24.2 Å². The summed E-state index contributed by atoms with van der Waals surface area (Å²) in [5, 5.41) is 7.03. The molecule has 3 N–H and O–H groups in total. The van der Waals surface area contributed by atoms with E-state index in [4.69, 9.17) is 12.2 Å². The first kappa shape index (κ1) is 20.9. The average molecular weight is 419 g/mol. The van der Waals surface area contributed by atoms with Gasteiger partial charge in [0, 0.05) is 23.3 Å². The molecular formula is C21H20F3N3OS. The molecule has 0 spiro atoms. The lowest BCUT2D eigenvalue weighted by atomic mass is 10.0. The Balaban J connectivity index is 1.59. The first-order chi connectivity index (χ1) is 13.6. The predicted molar refractivity (Wildman–Crippen MR) is 113 cm³/mol. The van der Waals surface area contributed by atoms with E-state index in [-0.39, 0.29) is 10.7 Å². The van der Waals surface area contributed by atoms with Crippen molar-refractivity contribution in [1.82, 2.24) is 10.3 Å². The zero-order valence-corrected chi connectivity index (χ0v) is 16.7. The number of thiocarbonyl (C=S) groups is 1. The Morgan fingerprint density at radius 1 is 1.07 bits per heavy atom. The third-order valence-corrected chi connectivity index (χ3v) is 4.93. The second kappa shape index (κ2) is 8.24. The van der Waals surface area contributed by atoms with E-state index in [2.05, 4.69) is 15.6 Å². The molecule has 2 aromatic carbocycles. The smallest absolute Gasteiger partial charge is 0.362 e. The van der Waals surface area contributed by atoms with E-state index >= 15 is 0 Å². The van der Waals surface area contributed by atoms with Crippen molar-refractivity contribution in [2.45, 2.75) is 26.4 Å². The van der Waals surface area contributed by atoms with Crippen molar-refractivity contribution in [1.29, 1.82) is 0 Å². The molecule has 0 unspecified atom stereocenters. The van der Waals surface area contributed by atoms with Gasteiger partial charge in [0.15, 0.2) is 5.11 Å². The Bertz CT molecular complexity index is 1110. The Morgan fingerprint density at radius 2 is 1.72 bits per heavy atom. The highest BCUT2D eigenvalue weighted by Gasteiger charge is 2.29. The maximum absolute atomic E-state index is 12.6. The second-order valence-electron chi connectivity index (χ2n) is 6.85. The third kappa shape index (κ3) is 5.14. The molecular weight excluding hydrogens is 399 g/mol. The summed E-state index contributed by atoms with van der Waals surface area (Å²) in [7, 11) is 0. The molecule has 0 radical (unpaired) electrons. The molecule has 0 amide bonds. The number of nitrogens with one attached hydrogen (secondary N) is 3. The molecule has 0 aliphatic heterocycles. The lowest BCUT2D eigenvalue weighted by Gasteiger charge is -2.12. The number of alkyl halides is 3. The summed E-state index contributed by atoms with van der Waals surface area (Å²) in [5.41, 5.74) is 3.27. The number of H-pyrrole nitrogens is 1. The van der Waals surface area contributed by atoms with Gasteiger partial charge in [-0.2, -0.15) is 13.2 Å². The van der Waals surface area contributed by atoms with Gasteiger partial charge in [0.25, 0.3) is 5.56 Å². The van der Waals surface area contributed by atoms with Gasteiger partial charge in [-0.15, -0.1) is 0 Å². The molecule has 4 nitrogen and oxygen atoms in total. The molecule has 0 saturated carbocycles. The van der Waals surface area contributed by atoms with Crippen molar-refractivity contribution >= 4 is 33.9 Å².